The van der Waals surface area contributed by atoms with Gasteiger partial charge in [0.05, 0.1) is 29.4 Å². The van der Waals surface area contributed by atoms with Crippen molar-refractivity contribution < 1.29 is 13.2 Å². The van der Waals surface area contributed by atoms with Gasteiger partial charge in [0.15, 0.2) is 0 Å². The Kier molecular flexibility index (Phi) is 3.24. The third-order valence-corrected chi connectivity index (χ3v) is 3.01. The van der Waals surface area contributed by atoms with E-state index in [2.05, 4.69) is 4.98 Å². The van der Waals surface area contributed by atoms with Gasteiger partial charge in [-0.1, -0.05) is 20.8 Å². The zero-order chi connectivity index (χ0) is 15.1. The largest absolute Gasteiger partial charge is 0.419 e. The summed E-state index contributed by atoms with van der Waals surface area (Å²) in [6.07, 6.45) is -2.93. The predicted molar refractivity (Wildman–Crippen MR) is 68.2 cm³/mol. The molecular formula is C14H14F3N3. The molecule has 0 spiro atoms. The van der Waals surface area contributed by atoms with E-state index in [1.807, 2.05) is 26.8 Å². The Bertz CT molecular complexity index is 684. The molecular weight excluding hydrogens is 267 g/mol. The number of nitrogens with zero attached hydrogens (tertiary/aromatic N) is 3. The first-order valence-electron chi connectivity index (χ1n) is 6.11. The van der Waals surface area contributed by atoms with Crippen LogP contribution in [-0.4, -0.2) is 9.38 Å². The number of fused-ring (bicyclic) bond motifs is 1. The van der Waals surface area contributed by atoms with Gasteiger partial charge in [-0.3, -0.25) is 0 Å². The summed E-state index contributed by atoms with van der Waals surface area (Å²) >= 11 is 0. The van der Waals surface area contributed by atoms with Crippen LogP contribution in [-0.2, 0) is 18.0 Å². The third-order valence-electron chi connectivity index (χ3n) is 3.01. The van der Waals surface area contributed by atoms with E-state index in [-0.39, 0.29) is 12.1 Å². The fourth-order valence-electron chi connectivity index (χ4n) is 2.18. The quantitative estimate of drug-likeness (QED) is 0.799. The van der Waals surface area contributed by atoms with Gasteiger partial charge >= 0.3 is 6.18 Å². The average Bonchev–Trinajstić information content (AvgIpc) is 2.67. The summed E-state index contributed by atoms with van der Waals surface area (Å²) in [5.41, 5.74) is -0.317. The SMILES string of the molecule is CC(C)(C)c1nc2c(C(F)(F)F)cccn2c1CC#N. The summed E-state index contributed by atoms with van der Waals surface area (Å²) in [6.45, 7) is 5.59. The molecule has 0 N–H and O–H groups in total. The molecule has 0 aromatic carbocycles. The van der Waals surface area contributed by atoms with E-state index in [1.54, 1.807) is 0 Å². The van der Waals surface area contributed by atoms with Crippen molar-refractivity contribution in [1.29, 1.82) is 5.26 Å². The Balaban J connectivity index is 2.84. The molecule has 3 nitrogen and oxygen atoms in total. The molecule has 2 aromatic heterocycles. The van der Waals surface area contributed by atoms with Gasteiger partial charge in [0.1, 0.15) is 5.65 Å². The highest BCUT2D eigenvalue weighted by Crippen LogP contribution is 2.34. The summed E-state index contributed by atoms with van der Waals surface area (Å²) in [5, 5.41) is 8.90. The highest BCUT2D eigenvalue weighted by molar-refractivity contribution is 5.54. The van der Waals surface area contributed by atoms with E-state index in [4.69, 9.17) is 5.26 Å². The highest BCUT2D eigenvalue weighted by atomic mass is 19.4. The van der Waals surface area contributed by atoms with Crippen LogP contribution < -0.4 is 0 Å². The molecule has 106 valence electrons. The fraction of sp³-hybridized carbons (Fsp3) is 0.429. The van der Waals surface area contributed by atoms with E-state index in [9.17, 15) is 13.2 Å². The Labute approximate surface area is 114 Å². The predicted octanol–water partition coefficient (Wildman–Crippen LogP) is 3.72. The molecule has 0 amide bonds. The van der Waals surface area contributed by atoms with E-state index in [1.165, 1.54) is 16.7 Å². The topological polar surface area (TPSA) is 41.1 Å². The van der Waals surface area contributed by atoms with Gasteiger partial charge in [-0.2, -0.15) is 18.4 Å². The second kappa shape index (κ2) is 4.51. The van der Waals surface area contributed by atoms with E-state index in [0.29, 0.717) is 11.4 Å². The molecule has 20 heavy (non-hydrogen) atoms. The lowest BCUT2D eigenvalue weighted by molar-refractivity contribution is -0.136. The van der Waals surface area contributed by atoms with Crippen LogP contribution in [0.4, 0.5) is 13.2 Å². The molecule has 0 atom stereocenters. The van der Waals surface area contributed by atoms with Crippen molar-refractivity contribution in [3.05, 3.63) is 35.3 Å². The van der Waals surface area contributed by atoms with Crippen molar-refractivity contribution in [2.45, 2.75) is 38.8 Å². The molecule has 0 saturated heterocycles. The first-order chi connectivity index (χ1) is 9.16. The van der Waals surface area contributed by atoms with Crippen molar-refractivity contribution in [2.75, 3.05) is 0 Å². The van der Waals surface area contributed by atoms with Crippen molar-refractivity contribution in [3.63, 3.8) is 0 Å². The number of hydrogen-bond donors (Lipinski definition) is 0. The van der Waals surface area contributed by atoms with Crippen molar-refractivity contribution in [1.82, 2.24) is 9.38 Å². The van der Waals surface area contributed by atoms with Gasteiger partial charge in [-0.25, -0.2) is 4.98 Å². The lowest BCUT2D eigenvalue weighted by atomic mass is 9.90. The maximum atomic E-state index is 13.0. The van der Waals surface area contributed by atoms with Gasteiger partial charge in [0.25, 0.3) is 0 Å². The van der Waals surface area contributed by atoms with Crippen LogP contribution in [0.1, 0.15) is 37.7 Å². The molecule has 0 aliphatic heterocycles. The van der Waals surface area contributed by atoms with Crippen LogP contribution in [0.2, 0.25) is 0 Å². The molecule has 0 unspecified atom stereocenters. The minimum Gasteiger partial charge on any atom is -0.302 e. The van der Waals surface area contributed by atoms with Gasteiger partial charge in [0.2, 0.25) is 0 Å². The molecule has 2 aromatic rings. The number of aromatic nitrogens is 2. The number of nitriles is 1. The standard InChI is InChI=1S/C14H14F3N3/c1-13(2,3)11-10(6-7-18)20-8-4-5-9(12(20)19-11)14(15,16)17/h4-5,8H,6H2,1-3H3. The van der Waals surface area contributed by atoms with Crippen LogP contribution in [0, 0.1) is 11.3 Å². The number of halogens is 3. The molecule has 2 heterocycles. The average molecular weight is 281 g/mol. The zero-order valence-electron chi connectivity index (χ0n) is 11.4. The van der Waals surface area contributed by atoms with Crippen LogP contribution in [0.3, 0.4) is 0 Å². The summed E-state index contributed by atoms with van der Waals surface area (Å²) in [7, 11) is 0. The number of alkyl halides is 3. The number of rotatable bonds is 1. The normalized spacial score (nSPS) is 12.7. The monoisotopic (exact) mass is 281 g/mol. The second-order valence-electron chi connectivity index (χ2n) is 5.61. The molecule has 0 aliphatic rings. The maximum absolute atomic E-state index is 13.0. The van der Waals surface area contributed by atoms with Crippen molar-refractivity contribution >= 4 is 5.65 Å². The molecule has 0 bridgehead atoms. The lowest BCUT2D eigenvalue weighted by Gasteiger charge is -2.16. The molecule has 0 radical (unpaired) electrons. The Morgan fingerprint density at radius 1 is 1.30 bits per heavy atom. The zero-order valence-corrected chi connectivity index (χ0v) is 11.4. The molecule has 0 fully saturated rings. The number of pyridine rings is 1. The smallest absolute Gasteiger partial charge is 0.302 e. The summed E-state index contributed by atoms with van der Waals surface area (Å²) in [4.78, 5) is 4.16. The Morgan fingerprint density at radius 2 is 1.95 bits per heavy atom. The van der Waals surface area contributed by atoms with Gasteiger partial charge in [-0.05, 0) is 12.1 Å². The Hall–Kier alpha value is -2.03. The van der Waals surface area contributed by atoms with Crippen LogP contribution in [0.5, 0.6) is 0 Å². The first kappa shape index (κ1) is 14.4. The minimum atomic E-state index is -4.47. The summed E-state index contributed by atoms with van der Waals surface area (Å²) in [5.74, 6) is 0. The minimum absolute atomic E-state index is 0.0229. The summed E-state index contributed by atoms with van der Waals surface area (Å²) in [6, 6.07) is 4.32. The van der Waals surface area contributed by atoms with Gasteiger partial charge in [-0.15, -0.1) is 0 Å². The van der Waals surface area contributed by atoms with Crippen LogP contribution in [0.25, 0.3) is 5.65 Å². The summed E-state index contributed by atoms with van der Waals surface area (Å²) < 4.78 is 40.4. The molecule has 0 aliphatic carbocycles. The molecule has 6 heteroatoms. The van der Waals surface area contributed by atoms with Gasteiger partial charge in [0, 0.05) is 11.6 Å². The highest BCUT2D eigenvalue weighted by Gasteiger charge is 2.35. The Morgan fingerprint density at radius 3 is 2.45 bits per heavy atom. The first-order valence-corrected chi connectivity index (χ1v) is 6.11. The van der Waals surface area contributed by atoms with Crippen molar-refractivity contribution in [2.24, 2.45) is 0 Å². The van der Waals surface area contributed by atoms with Crippen LogP contribution in [0.15, 0.2) is 18.3 Å². The fourth-order valence-corrected chi connectivity index (χ4v) is 2.18. The maximum Gasteiger partial charge on any atom is 0.419 e. The van der Waals surface area contributed by atoms with E-state index < -0.39 is 17.2 Å². The van der Waals surface area contributed by atoms with E-state index >= 15 is 0 Å². The number of imidazole rings is 1. The lowest BCUT2D eigenvalue weighted by Crippen LogP contribution is -2.14. The van der Waals surface area contributed by atoms with Crippen LogP contribution >= 0.6 is 0 Å². The van der Waals surface area contributed by atoms with Crippen molar-refractivity contribution in [3.8, 4) is 6.07 Å². The second-order valence-corrected chi connectivity index (χ2v) is 5.61. The molecule has 0 saturated carbocycles. The third kappa shape index (κ3) is 2.36. The molecule has 2 rings (SSSR count). The number of hydrogen-bond acceptors (Lipinski definition) is 2. The van der Waals surface area contributed by atoms with Gasteiger partial charge < -0.3 is 4.40 Å². The van der Waals surface area contributed by atoms with E-state index in [0.717, 1.165) is 6.07 Å².